The zero-order chi connectivity index (χ0) is 23.0. The van der Waals surface area contributed by atoms with Gasteiger partial charge in [0.25, 0.3) is 20.0 Å². The molecule has 0 fully saturated rings. The molecule has 164 valence electrons. The van der Waals surface area contributed by atoms with Crippen molar-refractivity contribution < 1.29 is 25.6 Å². The normalized spacial score (nSPS) is 11.9. The summed E-state index contributed by atoms with van der Waals surface area (Å²) in [5, 5.41) is 0. The summed E-state index contributed by atoms with van der Waals surface area (Å²) in [6.07, 6.45) is 0. The molecule has 0 atom stereocenters. The number of sulfonamides is 2. The monoisotopic (exact) mass is 466 g/mol. The predicted molar refractivity (Wildman–Crippen MR) is 115 cm³/mol. The van der Waals surface area contributed by atoms with E-state index in [1.54, 1.807) is 26.0 Å². The minimum absolute atomic E-state index is 0.0489. The topological polar surface area (TPSA) is 92.3 Å². The molecule has 3 rings (SSSR count). The molecule has 0 unspecified atom stereocenters. The van der Waals surface area contributed by atoms with Gasteiger partial charge in [-0.2, -0.15) is 0 Å². The van der Waals surface area contributed by atoms with Crippen molar-refractivity contribution in [2.24, 2.45) is 0 Å². The van der Waals surface area contributed by atoms with Gasteiger partial charge in [-0.15, -0.1) is 0 Å². The number of hydrogen-bond donors (Lipinski definition) is 2. The minimum Gasteiger partial charge on any atom is -0.279 e. The second-order valence-electron chi connectivity index (χ2n) is 7.08. The number of benzene rings is 3. The minimum atomic E-state index is -4.42. The molecule has 0 aromatic heterocycles. The number of halogens is 2. The van der Waals surface area contributed by atoms with E-state index < -0.39 is 36.6 Å². The Morgan fingerprint density at radius 1 is 0.677 bits per heavy atom. The summed E-state index contributed by atoms with van der Waals surface area (Å²) in [7, 11) is -8.45. The molecule has 3 aromatic carbocycles. The van der Waals surface area contributed by atoms with Crippen LogP contribution in [0.25, 0.3) is 0 Å². The van der Waals surface area contributed by atoms with Gasteiger partial charge in [0, 0.05) is 6.07 Å². The van der Waals surface area contributed by atoms with Crippen molar-refractivity contribution in [2.75, 3.05) is 9.44 Å². The zero-order valence-electron chi connectivity index (χ0n) is 16.9. The van der Waals surface area contributed by atoms with Gasteiger partial charge in [0.05, 0.1) is 16.3 Å². The maximum absolute atomic E-state index is 14.0. The number of aryl methyl sites for hydroxylation is 3. The molecular formula is C21H20F2N2O4S2. The first-order chi connectivity index (χ1) is 14.4. The van der Waals surface area contributed by atoms with Crippen molar-refractivity contribution in [3.05, 3.63) is 82.9 Å². The van der Waals surface area contributed by atoms with E-state index in [4.69, 9.17) is 0 Å². The number of hydrogen-bond acceptors (Lipinski definition) is 4. The van der Waals surface area contributed by atoms with Crippen LogP contribution in [0.2, 0.25) is 0 Å². The lowest BCUT2D eigenvalue weighted by Gasteiger charge is -2.15. The van der Waals surface area contributed by atoms with Gasteiger partial charge in [0.2, 0.25) is 0 Å². The smallest absolute Gasteiger partial charge is 0.264 e. The Morgan fingerprint density at radius 3 is 2.00 bits per heavy atom. The lowest BCUT2D eigenvalue weighted by Crippen LogP contribution is -2.17. The predicted octanol–water partition coefficient (Wildman–Crippen LogP) is 4.49. The van der Waals surface area contributed by atoms with E-state index in [2.05, 4.69) is 9.44 Å². The lowest BCUT2D eigenvalue weighted by molar-refractivity contribution is 0.551. The Bertz CT molecular complexity index is 1370. The van der Waals surface area contributed by atoms with Crippen LogP contribution in [-0.4, -0.2) is 16.8 Å². The van der Waals surface area contributed by atoms with Gasteiger partial charge in [-0.1, -0.05) is 23.8 Å². The Labute approximate surface area is 180 Å². The van der Waals surface area contributed by atoms with Crippen LogP contribution in [0.15, 0.2) is 64.4 Å². The van der Waals surface area contributed by atoms with Crippen LogP contribution in [0.1, 0.15) is 16.7 Å². The second kappa shape index (κ2) is 8.27. The van der Waals surface area contributed by atoms with Gasteiger partial charge >= 0.3 is 0 Å². The summed E-state index contributed by atoms with van der Waals surface area (Å²) < 4.78 is 82.6. The molecule has 0 radical (unpaired) electrons. The Hall–Kier alpha value is -2.98. The standard InChI is InChI=1S/C21H20F2N2O4S2/c1-13-4-8-19(15(3)10-13)24-30(26,27)17-7-5-14(2)20(12-17)25-31(28,29)21-9-6-16(22)11-18(21)23/h4-12,24-25H,1-3H3. The average Bonchev–Trinajstić information content (AvgIpc) is 2.65. The molecule has 0 saturated carbocycles. The van der Waals surface area contributed by atoms with E-state index in [-0.39, 0.29) is 10.6 Å². The quantitative estimate of drug-likeness (QED) is 0.560. The number of rotatable bonds is 6. The van der Waals surface area contributed by atoms with E-state index in [0.717, 1.165) is 29.3 Å². The molecule has 0 saturated heterocycles. The largest absolute Gasteiger partial charge is 0.279 e. The van der Waals surface area contributed by atoms with Crippen LogP contribution in [0, 0.1) is 32.4 Å². The fourth-order valence-corrected chi connectivity index (χ4v) is 5.24. The summed E-state index contributed by atoms with van der Waals surface area (Å²) in [5.74, 6) is -2.18. The van der Waals surface area contributed by atoms with Gasteiger partial charge in [0.1, 0.15) is 16.5 Å². The van der Waals surface area contributed by atoms with Gasteiger partial charge in [0.15, 0.2) is 0 Å². The molecule has 10 heteroatoms. The van der Waals surface area contributed by atoms with Crippen LogP contribution >= 0.6 is 0 Å². The third-order valence-electron chi connectivity index (χ3n) is 4.57. The second-order valence-corrected chi connectivity index (χ2v) is 10.4. The molecule has 0 bridgehead atoms. The highest BCUT2D eigenvalue weighted by molar-refractivity contribution is 7.93. The molecule has 3 aromatic rings. The maximum Gasteiger partial charge on any atom is 0.264 e. The molecule has 0 aliphatic heterocycles. The van der Waals surface area contributed by atoms with E-state index in [9.17, 15) is 25.6 Å². The van der Waals surface area contributed by atoms with E-state index >= 15 is 0 Å². The summed E-state index contributed by atoms with van der Waals surface area (Å²) in [5.41, 5.74) is 2.45. The highest BCUT2D eigenvalue weighted by Crippen LogP contribution is 2.27. The van der Waals surface area contributed by atoms with Gasteiger partial charge < -0.3 is 0 Å². The van der Waals surface area contributed by atoms with Gasteiger partial charge in [-0.05, 0) is 62.2 Å². The average molecular weight is 467 g/mol. The first-order valence-electron chi connectivity index (χ1n) is 9.08. The van der Waals surface area contributed by atoms with Crippen LogP contribution in [0.4, 0.5) is 20.2 Å². The summed E-state index contributed by atoms with van der Waals surface area (Å²) >= 11 is 0. The number of anilines is 2. The van der Waals surface area contributed by atoms with Crippen molar-refractivity contribution in [2.45, 2.75) is 30.6 Å². The fourth-order valence-electron chi connectivity index (χ4n) is 2.90. The van der Waals surface area contributed by atoms with E-state index in [1.807, 2.05) is 13.0 Å². The fraction of sp³-hybridized carbons (Fsp3) is 0.143. The Kier molecular flexibility index (Phi) is 6.06. The molecule has 0 amide bonds. The van der Waals surface area contributed by atoms with Crippen LogP contribution in [-0.2, 0) is 20.0 Å². The molecule has 0 aliphatic rings. The molecule has 0 aliphatic carbocycles. The molecule has 2 N–H and O–H groups in total. The number of nitrogens with one attached hydrogen (secondary N) is 2. The third-order valence-corrected chi connectivity index (χ3v) is 7.34. The summed E-state index contributed by atoms with van der Waals surface area (Å²) in [6.45, 7) is 5.21. The van der Waals surface area contributed by atoms with Crippen LogP contribution in [0.3, 0.4) is 0 Å². The zero-order valence-corrected chi connectivity index (χ0v) is 18.5. The first-order valence-corrected chi connectivity index (χ1v) is 12.0. The molecule has 31 heavy (non-hydrogen) atoms. The van der Waals surface area contributed by atoms with Gasteiger partial charge in [-0.3, -0.25) is 9.44 Å². The third kappa shape index (κ3) is 5.02. The van der Waals surface area contributed by atoms with Crippen molar-refractivity contribution in [1.29, 1.82) is 0 Å². The maximum atomic E-state index is 14.0. The van der Waals surface area contributed by atoms with Gasteiger partial charge in [-0.25, -0.2) is 25.6 Å². The Morgan fingerprint density at radius 2 is 1.35 bits per heavy atom. The molecule has 0 spiro atoms. The van der Waals surface area contributed by atoms with Crippen molar-refractivity contribution >= 4 is 31.4 Å². The van der Waals surface area contributed by atoms with Crippen molar-refractivity contribution in [3.63, 3.8) is 0 Å². The lowest BCUT2D eigenvalue weighted by atomic mass is 10.1. The van der Waals surface area contributed by atoms with Crippen molar-refractivity contribution in [3.8, 4) is 0 Å². The van der Waals surface area contributed by atoms with Crippen molar-refractivity contribution in [1.82, 2.24) is 0 Å². The van der Waals surface area contributed by atoms with E-state index in [0.29, 0.717) is 17.3 Å². The van der Waals surface area contributed by atoms with Crippen LogP contribution < -0.4 is 9.44 Å². The first kappa shape index (κ1) is 22.7. The molecular weight excluding hydrogens is 446 g/mol. The summed E-state index contributed by atoms with van der Waals surface area (Å²) in [6, 6.07) is 11.2. The van der Waals surface area contributed by atoms with E-state index in [1.165, 1.54) is 12.1 Å². The molecule has 6 nitrogen and oxygen atoms in total. The Balaban J connectivity index is 1.96. The van der Waals surface area contributed by atoms with Crippen LogP contribution in [0.5, 0.6) is 0 Å². The highest BCUT2D eigenvalue weighted by atomic mass is 32.2. The highest BCUT2D eigenvalue weighted by Gasteiger charge is 2.22. The summed E-state index contributed by atoms with van der Waals surface area (Å²) in [4.78, 5) is -0.940. The molecule has 0 heterocycles. The SMILES string of the molecule is Cc1ccc(NS(=O)(=O)c2ccc(C)c(NS(=O)(=O)c3ccc(F)cc3F)c2)c(C)c1.